The molecule has 0 saturated carbocycles. The fraction of sp³-hybridized carbons (Fsp3) is 0.583. The van der Waals surface area contributed by atoms with Crippen molar-refractivity contribution in [1.29, 1.82) is 0 Å². The Morgan fingerprint density at radius 2 is 2.06 bits per heavy atom. The highest BCUT2D eigenvalue weighted by Gasteiger charge is 1.99. The summed E-state index contributed by atoms with van der Waals surface area (Å²) in [5.41, 5.74) is 0.915. The van der Waals surface area contributed by atoms with Crippen LogP contribution < -0.4 is 0 Å². The van der Waals surface area contributed by atoms with Gasteiger partial charge in [0.2, 0.25) is 0 Å². The van der Waals surface area contributed by atoms with Crippen molar-refractivity contribution >= 4 is 11.6 Å². The Hall–Kier alpha value is -0.640. The first-order chi connectivity index (χ1) is 7.84. The minimum Gasteiger partial charge on any atom is -0.379 e. The zero-order chi connectivity index (χ0) is 11.6. The molecule has 0 aliphatic rings. The summed E-state index contributed by atoms with van der Waals surface area (Å²) in [7, 11) is 0. The summed E-state index contributed by atoms with van der Waals surface area (Å²) < 4.78 is 10.8. The van der Waals surface area contributed by atoms with Crippen molar-refractivity contribution in [1.82, 2.24) is 4.98 Å². The van der Waals surface area contributed by atoms with Gasteiger partial charge in [0.1, 0.15) is 5.15 Å². The van der Waals surface area contributed by atoms with E-state index in [9.17, 15) is 0 Å². The van der Waals surface area contributed by atoms with E-state index in [1.54, 1.807) is 6.20 Å². The van der Waals surface area contributed by atoms with E-state index < -0.39 is 0 Å². The van der Waals surface area contributed by atoms with Gasteiger partial charge in [-0.15, -0.1) is 0 Å². The topological polar surface area (TPSA) is 31.4 Å². The van der Waals surface area contributed by atoms with Crippen LogP contribution in [0.25, 0.3) is 0 Å². The molecule has 16 heavy (non-hydrogen) atoms. The van der Waals surface area contributed by atoms with Crippen LogP contribution in [0.15, 0.2) is 18.3 Å². The van der Waals surface area contributed by atoms with Gasteiger partial charge in [-0.25, -0.2) is 4.98 Å². The summed E-state index contributed by atoms with van der Waals surface area (Å²) in [4.78, 5) is 3.97. The van der Waals surface area contributed by atoms with Crippen LogP contribution in [0.2, 0.25) is 5.15 Å². The van der Waals surface area contributed by atoms with Crippen LogP contribution in [-0.2, 0) is 16.1 Å². The molecule has 1 aromatic heterocycles. The first-order valence-corrected chi connectivity index (χ1v) is 5.97. The van der Waals surface area contributed by atoms with Crippen LogP contribution in [0.5, 0.6) is 0 Å². The van der Waals surface area contributed by atoms with Crippen molar-refractivity contribution < 1.29 is 9.47 Å². The maximum atomic E-state index is 5.88. The molecule has 0 aliphatic heterocycles. The fourth-order valence-electron chi connectivity index (χ4n) is 1.18. The quantitative estimate of drug-likeness (QED) is 0.520. The van der Waals surface area contributed by atoms with Gasteiger partial charge in [-0.3, -0.25) is 0 Å². The molecular weight excluding hydrogens is 226 g/mol. The fourth-order valence-corrected chi connectivity index (χ4v) is 1.35. The molecule has 0 aliphatic carbocycles. The molecular formula is C12H18ClNO2. The molecule has 3 nitrogen and oxygen atoms in total. The number of hydrogen-bond donors (Lipinski definition) is 0. The van der Waals surface area contributed by atoms with Crippen molar-refractivity contribution in [3.8, 4) is 0 Å². The molecule has 0 N–H and O–H groups in total. The summed E-state index contributed by atoms with van der Waals surface area (Å²) >= 11 is 5.88. The molecule has 1 aromatic rings. The highest BCUT2D eigenvalue weighted by Crippen LogP contribution is 2.12. The average Bonchev–Trinajstić information content (AvgIpc) is 2.30. The molecule has 0 amide bonds. The van der Waals surface area contributed by atoms with Gasteiger partial charge in [0, 0.05) is 18.4 Å². The molecule has 4 heteroatoms. The standard InChI is InChI=1S/C12H18ClNO2/c1-2-3-7-15-8-9-16-10-11-5-4-6-14-12(11)13/h4-6H,2-3,7-10H2,1H3. The lowest BCUT2D eigenvalue weighted by Crippen LogP contribution is -2.05. The molecule has 90 valence electrons. The highest BCUT2D eigenvalue weighted by molar-refractivity contribution is 6.30. The molecule has 1 heterocycles. The second kappa shape index (κ2) is 8.50. The van der Waals surface area contributed by atoms with Crippen LogP contribution in [-0.4, -0.2) is 24.8 Å². The van der Waals surface area contributed by atoms with Gasteiger partial charge in [0.15, 0.2) is 0 Å². The third kappa shape index (κ3) is 5.45. The Kier molecular flexibility index (Phi) is 7.14. The second-order valence-corrected chi connectivity index (χ2v) is 3.83. The molecule has 0 radical (unpaired) electrons. The zero-order valence-corrected chi connectivity index (χ0v) is 10.4. The smallest absolute Gasteiger partial charge is 0.134 e. The maximum Gasteiger partial charge on any atom is 0.134 e. The van der Waals surface area contributed by atoms with E-state index in [-0.39, 0.29) is 0 Å². The predicted octanol–water partition coefficient (Wildman–Crippen LogP) is 3.07. The van der Waals surface area contributed by atoms with Crippen LogP contribution in [0.1, 0.15) is 25.3 Å². The van der Waals surface area contributed by atoms with Gasteiger partial charge in [-0.05, 0) is 12.5 Å². The Balaban J connectivity index is 2.05. The van der Waals surface area contributed by atoms with E-state index in [1.165, 1.54) is 0 Å². The molecule has 0 aromatic carbocycles. The zero-order valence-electron chi connectivity index (χ0n) is 9.62. The number of nitrogens with zero attached hydrogens (tertiary/aromatic N) is 1. The Bertz CT molecular complexity index is 294. The highest BCUT2D eigenvalue weighted by atomic mass is 35.5. The third-order valence-electron chi connectivity index (χ3n) is 2.11. The Labute approximate surface area is 102 Å². The predicted molar refractivity (Wildman–Crippen MR) is 64.6 cm³/mol. The van der Waals surface area contributed by atoms with E-state index in [1.807, 2.05) is 12.1 Å². The summed E-state index contributed by atoms with van der Waals surface area (Å²) in [6, 6.07) is 3.76. The first-order valence-electron chi connectivity index (χ1n) is 5.59. The van der Waals surface area contributed by atoms with Crippen LogP contribution >= 0.6 is 11.6 Å². The number of ether oxygens (including phenoxy) is 2. The van der Waals surface area contributed by atoms with Gasteiger partial charge >= 0.3 is 0 Å². The van der Waals surface area contributed by atoms with Crippen LogP contribution in [0.4, 0.5) is 0 Å². The Morgan fingerprint density at radius 3 is 2.81 bits per heavy atom. The van der Waals surface area contributed by atoms with E-state index in [0.717, 1.165) is 25.0 Å². The third-order valence-corrected chi connectivity index (χ3v) is 2.45. The van der Waals surface area contributed by atoms with E-state index in [4.69, 9.17) is 21.1 Å². The van der Waals surface area contributed by atoms with Gasteiger partial charge in [-0.1, -0.05) is 31.0 Å². The van der Waals surface area contributed by atoms with Crippen LogP contribution in [0.3, 0.4) is 0 Å². The summed E-state index contributed by atoms with van der Waals surface area (Å²) in [6.07, 6.45) is 3.93. The van der Waals surface area contributed by atoms with Gasteiger partial charge in [-0.2, -0.15) is 0 Å². The number of hydrogen-bond acceptors (Lipinski definition) is 3. The van der Waals surface area contributed by atoms with E-state index >= 15 is 0 Å². The largest absolute Gasteiger partial charge is 0.379 e. The van der Waals surface area contributed by atoms with Crippen molar-refractivity contribution in [2.24, 2.45) is 0 Å². The monoisotopic (exact) mass is 243 g/mol. The number of pyridine rings is 1. The summed E-state index contributed by atoms with van der Waals surface area (Å²) in [5, 5.41) is 0.509. The van der Waals surface area contributed by atoms with Crippen molar-refractivity contribution in [3.63, 3.8) is 0 Å². The van der Waals surface area contributed by atoms with E-state index in [2.05, 4.69) is 11.9 Å². The van der Waals surface area contributed by atoms with E-state index in [0.29, 0.717) is 25.0 Å². The second-order valence-electron chi connectivity index (χ2n) is 3.47. The molecule has 0 fully saturated rings. The van der Waals surface area contributed by atoms with Crippen molar-refractivity contribution in [2.75, 3.05) is 19.8 Å². The molecule has 0 bridgehead atoms. The summed E-state index contributed by atoms with van der Waals surface area (Å²) in [5.74, 6) is 0. The lowest BCUT2D eigenvalue weighted by atomic mass is 10.3. The minimum absolute atomic E-state index is 0.490. The maximum absolute atomic E-state index is 5.88. The van der Waals surface area contributed by atoms with Gasteiger partial charge in [0.25, 0.3) is 0 Å². The Morgan fingerprint density at radius 1 is 1.25 bits per heavy atom. The lowest BCUT2D eigenvalue weighted by molar-refractivity contribution is 0.0396. The van der Waals surface area contributed by atoms with Crippen molar-refractivity contribution in [2.45, 2.75) is 26.4 Å². The molecule has 0 atom stereocenters. The molecule has 0 spiro atoms. The summed E-state index contributed by atoms with van der Waals surface area (Å²) in [6.45, 7) is 4.68. The number of halogens is 1. The molecule has 0 saturated heterocycles. The number of aromatic nitrogens is 1. The normalized spacial score (nSPS) is 10.6. The van der Waals surface area contributed by atoms with Gasteiger partial charge in [0.05, 0.1) is 19.8 Å². The van der Waals surface area contributed by atoms with Crippen molar-refractivity contribution in [3.05, 3.63) is 29.0 Å². The minimum atomic E-state index is 0.490. The van der Waals surface area contributed by atoms with Gasteiger partial charge < -0.3 is 9.47 Å². The van der Waals surface area contributed by atoms with Crippen LogP contribution in [0, 0.1) is 0 Å². The molecule has 0 unspecified atom stereocenters. The number of rotatable bonds is 8. The SMILES string of the molecule is CCCCOCCOCc1cccnc1Cl. The molecule has 1 rings (SSSR count). The average molecular weight is 244 g/mol. The number of unbranched alkanes of at least 4 members (excludes halogenated alkanes) is 1. The first kappa shape index (κ1) is 13.4. The lowest BCUT2D eigenvalue weighted by Gasteiger charge is -2.06.